The van der Waals surface area contributed by atoms with Crippen molar-refractivity contribution in [1.29, 1.82) is 0 Å². The minimum Gasteiger partial charge on any atom is -0.497 e. The Morgan fingerprint density at radius 1 is 1.27 bits per heavy atom. The summed E-state index contributed by atoms with van der Waals surface area (Å²) in [7, 11) is 1.67. The first-order valence-electron chi connectivity index (χ1n) is 10.6. The minimum atomic E-state index is -0.244. The van der Waals surface area contributed by atoms with E-state index < -0.39 is 0 Å². The highest BCUT2D eigenvalue weighted by Gasteiger charge is 2.30. The smallest absolute Gasteiger partial charge is 0.152 e. The van der Waals surface area contributed by atoms with Crippen LogP contribution in [0.4, 0.5) is 17.3 Å². The Bertz CT molecular complexity index is 1050. The monoisotopic (exact) mass is 405 g/mol. The first-order chi connectivity index (χ1) is 14.7. The van der Waals surface area contributed by atoms with Gasteiger partial charge in [-0.05, 0) is 55.2 Å². The van der Waals surface area contributed by atoms with Gasteiger partial charge in [-0.3, -0.25) is 0 Å². The lowest BCUT2D eigenvalue weighted by Gasteiger charge is -2.40. The van der Waals surface area contributed by atoms with Crippen LogP contribution in [0.2, 0.25) is 0 Å². The third-order valence-corrected chi connectivity index (χ3v) is 6.06. The maximum Gasteiger partial charge on any atom is 0.152 e. The molecule has 5 rings (SSSR count). The summed E-state index contributed by atoms with van der Waals surface area (Å²) in [6, 6.07) is 11.8. The first kappa shape index (κ1) is 18.8. The average molecular weight is 406 g/mol. The van der Waals surface area contributed by atoms with Crippen molar-refractivity contribution in [3.63, 3.8) is 0 Å². The van der Waals surface area contributed by atoms with Crippen molar-refractivity contribution < 1.29 is 9.53 Å². The number of benzene rings is 1. The summed E-state index contributed by atoms with van der Waals surface area (Å²) in [6.07, 6.45) is 5.49. The van der Waals surface area contributed by atoms with Gasteiger partial charge in [-0.25, -0.2) is 4.98 Å². The molecule has 2 aromatic heterocycles. The van der Waals surface area contributed by atoms with Crippen molar-refractivity contribution in [2.24, 2.45) is 5.92 Å². The Morgan fingerprint density at radius 2 is 2.17 bits per heavy atom. The maximum atomic E-state index is 12.0. The molecule has 2 fully saturated rings. The van der Waals surface area contributed by atoms with Crippen molar-refractivity contribution in [2.75, 3.05) is 48.4 Å². The number of piperazine rings is 1. The first-order valence-corrected chi connectivity index (χ1v) is 10.6. The van der Waals surface area contributed by atoms with E-state index in [2.05, 4.69) is 37.2 Å². The summed E-state index contributed by atoms with van der Waals surface area (Å²) in [6.45, 7) is 3.15. The highest BCUT2D eigenvalue weighted by molar-refractivity contribution is 5.86. The van der Waals surface area contributed by atoms with Crippen LogP contribution in [0.15, 0.2) is 42.6 Å². The van der Waals surface area contributed by atoms with Gasteiger partial charge in [0.25, 0.3) is 0 Å². The van der Waals surface area contributed by atoms with Crippen LogP contribution in [0.1, 0.15) is 12.8 Å². The number of anilines is 3. The number of fused-ring (bicyclic) bond motifs is 1. The molecule has 0 spiro atoms. The number of carbonyl (C=O) groups is 1. The predicted molar refractivity (Wildman–Crippen MR) is 120 cm³/mol. The number of rotatable bonds is 7. The number of carbonyl (C=O) groups excluding carboxylic acids is 1. The number of aromatic nitrogens is 2. The molecule has 0 bridgehead atoms. The van der Waals surface area contributed by atoms with Crippen LogP contribution in [0.25, 0.3) is 10.9 Å². The van der Waals surface area contributed by atoms with Gasteiger partial charge in [0.15, 0.2) is 5.82 Å². The van der Waals surface area contributed by atoms with Crippen LogP contribution in [-0.4, -0.2) is 55.6 Å². The van der Waals surface area contributed by atoms with Gasteiger partial charge < -0.3 is 29.6 Å². The van der Waals surface area contributed by atoms with Gasteiger partial charge in [-0.1, -0.05) is 0 Å². The number of pyridine rings is 1. The van der Waals surface area contributed by atoms with Crippen molar-refractivity contribution in [3.05, 3.63) is 42.6 Å². The summed E-state index contributed by atoms with van der Waals surface area (Å²) < 4.78 is 5.33. The Balaban J connectivity index is 1.35. The largest absolute Gasteiger partial charge is 0.497 e. The lowest BCUT2D eigenvalue weighted by Crippen LogP contribution is -2.54. The number of nitrogens with zero attached hydrogens (tertiary/aromatic N) is 3. The van der Waals surface area contributed by atoms with Gasteiger partial charge in [-0.15, -0.1) is 0 Å². The van der Waals surface area contributed by atoms with Crippen LogP contribution in [0, 0.1) is 5.92 Å². The van der Waals surface area contributed by atoms with E-state index in [1.54, 1.807) is 7.11 Å². The zero-order valence-electron chi connectivity index (χ0n) is 17.2. The molecule has 1 atom stereocenters. The number of ether oxygens (including phenoxy) is 1. The van der Waals surface area contributed by atoms with Gasteiger partial charge in [0, 0.05) is 43.3 Å². The standard InChI is InChI=1S/C23H27N5O2/c1-30-19-6-7-20-17(11-19)12-22(26-20)28-10-9-27(14-18(28)15-29)23-21(3-2-8-24-23)25-13-16-4-5-16/h2-3,6-8,11-12,15-16,18,25-26H,4-5,9-10,13-14H2,1H3. The third-order valence-electron chi connectivity index (χ3n) is 6.06. The minimum absolute atomic E-state index is 0.244. The number of methoxy groups -OCH3 is 1. The molecule has 1 aromatic carbocycles. The SMILES string of the molecule is COc1ccc2[nH]c(N3CCN(c4ncccc4NCC4CC4)CC3C=O)cc2c1. The van der Waals surface area contributed by atoms with E-state index in [0.717, 1.165) is 65.8 Å². The van der Waals surface area contributed by atoms with E-state index in [1.807, 2.05) is 30.5 Å². The van der Waals surface area contributed by atoms with Crippen LogP contribution in [-0.2, 0) is 4.79 Å². The Morgan fingerprint density at radius 3 is 2.97 bits per heavy atom. The Hall–Kier alpha value is -3.22. The van der Waals surface area contributed by atoms with Crippen molar-refractivity contribution >= 4 is 34.5 Å². The van der Waals surface area contributed by atoms with Gasteiger partial charge >= 0.3 is 0 Å². The molecule has 1 aliphatic carbocycles. The Kier molecular flexibility index (Phi) is 4.94. The highest BCUT2D eigenvalue weighted by Crippen LogP contribution is 2.32. The number of H-pyrrole nitrogens is 1. The van der Waals surface area contributed by atoms with E-state index in [0.29, 0.717) is 6.54 Å². The molecule has 3 heterocycles. The lowest BCUT2D eigenvalue weighted by molar-refractivity contribution is -0.109. The molecule has 1 aliphatic heterocycles. The van der Waals surface area contributed by atoms with Gasteiger partial charge in [0.1, 0.15) is 23.9 Å². The number of aromatic amines is 1. The van der Waals surface area contributed by atoms with Crippen LogP contribution < -0.4 is 19.9 Å². The third kappa shape index (κ3) is 3.67. The lowest BCUT2D eigenvalue weighted by atomic mass is 10.1. The molecule has 2 aliphatic rings. The van der Waals surface area contributed by atoms with E-state index in [4.69, 9.17) is 4.74 Å². The van der Waals surface area contributed by atoms with E-state index in [-0.39, 0.29) is 6.04 Å². The number of hydrogen-bond donors (Lipinski definition) is 2. The molecule has 7 nitrogen and oxygen atoms in total. The molecule has 2 N–H and O–H groups in total. The van der Waals surface area contributed by atoms with Crippen LogP contribution in [0.3, 0.4) is 0 Å². The molecule has 3 aromatic rings. The van der Waals surface area contributed by atoms with Crippen molar-refractivity contribution in [2.45, 2.75) is 18.9 Å². The topological polar surface area (TPSA) is 73.5 Å². The second-order valence-corrected chi connectivity index (χ2v) is 8.15. The number of aldehydes is 1. The molecular weight excluding hydrogens is 378 g/mol. The van der Waals surface area contributed by atoms with Gasteiger partial charge in [-0.2, -0.15) is 0 Å². The zero-order valence-corrected chi connectivity index (χ0v) is 17.2. The van der Waals surface area contributed by atoms with E-state index in [1.165, 1.54) is 12.8 Å². The highest BCUT2D eigenvalue weighted by atomic mass is 16.5. The summed E-state index contributed by atoms with van der Waals surface area (Å²) in [4.78, 5) is 24.5. The number of hydrogen-bond acceptors (Lipinski definition) is 6. The number of nitrogens with one attached hydrogen (secondary N) is 2. The quantitative estimate of drug-likeness (QED) is 0.588. The molecule has 0 radical (unpaired) electrons. The average Bonchev–Trinajstić information content (AvgIpc) is 3.53. The normalized spacial score (nSPS) is 19.2. The van der Waals surface area contributed by atoms with Crippen molar-refractivity contribution in [3.8, 4) is 5.75 Å². The molecule has 30 heavy (non-hydrogen) atoms. The predicted octanol–water partition coefficient (Wildman–Crippen LogP) is 3.29. The van der Waals surface area contributed by atoms with Gasteiger partial charge in [0.2, 0.25) is 0 Å². The molecule has 1 saturated carbocycles. The fourth-order valence-electron chi connectivity index (χ4n) is 4.16. The van der Waals surface area contributed by atoms with E-state index in [9.17, 15) is 4.79 Å². The zero-order chi connectivity index (χ0) is 20.5. The van der Waals surface area contributed by atoms with Crippen LogP contribution in [0.5, 0.6) is 5.75 Å². The summed E-state index contributed by atoms with van der Waals surface area (Å²) >= 11 is 0. The summed E-state index contributed by atoms with van der Waals surface area (Å²) in [5.74, 6) is 3.51. The summed E-state index contributed by atoms with van der Waals surface area (Å²) in [5, 5.41) is 4.63. The van der Waals surface area contributed by atoms with E-state index >= 15 is 0 Å². The van der Waals surface area contributed by atoms with Gasteiger partial charge in [0.05, 0.1) is 12.8 Å². The fourth-order valence-corrected chi connectivity index (χ4v) is 4.16. The summed E-state index contributed by atoms with van der Waals surface area (Å²) in [5.41, 5.74) is 2.09. The molecule has 7 heteroatoms. The fraction of sp³-hybridized carbons (Fsp3) is 0.391. The second-order valence-electron chi connectivity index (χ2n) is 8.15. The molecule has 0 amide bonds. The second kappa shape index (κ2) is 7.89. The maximum absolute atomic E-state index is 12.0. The molecule has 1 saturated heterocycles. The van der Waals surface area contributed by atoms with Crippen molar-refractivity contribution in [1.82, 2.24) is 9.97 Å². The molecule has 156 valence electrons. The molecular formula is C23H27N5O2. The molecule has 1 unspecified atom stereocenters. The van der Waals surface area contributed by atoms with Crippen LogP contribution >= 0.6 is 0 Å². The Labute approximate surface area is 176 Å².